The first-order chi connectivity index (χ1) is 15.1. The third-order valence-electron chi connectivity index (χ3n) is 5.66. The van der Waals surface area contributed by atoms with Gasteiger partial charge in [0.05, 0.1) is 0 Å². The Bertz CT molecular complexity index is 1230. The van der Waals surface area contributed by atoms with Gasteiger partial charge in [0.25, 0.3) is 0 Å². The molecule has 3 heteroatoms. The number of hydrogen-bond donors (Lipinski definition) is 1. The van der Waals surface area contributed by atoms with Crippen molar-refractivity contribution in [3.05, 3.63) is 131 Å². The third kappa shape index (κ3) is 5.54. The van der Waals surface area contributed by atoms with Gasteiger partial charge in [0, 0.05) is 6.20 Å². The Kier molecular flexibility index (Phi) is 8.77. The third-order valence-corrected chi connectivity index (χ3v) is 5.66. The number of benzene rings is 3. The Morgan fingerprint density at radius 3 is 2.34 bits per heavy atom. The molecule has 5 rings (SSSR count). The minimum atomic E-state index is 0. The van der Waals surface area contributed by atoms with Crippen molar-refractivity contribution in [1.82, 2.24) is 4.98 Å². The fourth-order valence-corrected chi connectivity index (χ4v) is 3.81. The first-order valence-electron chi connectivity index (χ1n) is 10.5. The van der Waals surface area contributed by atoms with Gasteiger partial charge in [-0.3, -0.25) is 0 Å². The van der Waals surface area contributed by atoms with E-state index in [1.807, 2.05) is 48.5 Å². The van der Waals surface area contributed by atoms with Crippen molar-refractivity contribution < 1.29 is 0 Å². The topological polar surface area (TPSA) is 38.9 Å². The van der Waals surface area contributed by atoms with Gasteiger partial charge in [-0.25, -0.2) is 0 Å². The van der Waals surface area contributed by atoms with Crippen molar-refractivity contribution >= 4 is 57.3 Å². The van der Waals surface area contributed by atoms with E-state index in [9.17, 15) is 0 Å². The molecule has 3 aromatic carbocycles. The summed E-state index contributed by atoms with van der Waals surface area (Å²) in [5.74, 6) is 1.78. The van der Waals surface area contributed by atoms with E-state index in [1.54, 1.807) is 6.20 Å². The van der Waals surface area contributed by atoms with Crippen LogP contribution in [0.25, 0.3) is 23.0 Å². The molecule has 0 saturated heterocycles. The summed E-state index contributed by atoms with van der Waals surface area (Å²) in [6, 6.07) is 33.6. The van der Waals surface area contributed by atoms with E-state index >= 15 is 0 Å². The summed E-state index contributed by atoms with van der Waals surface area (Å²) in [4.78, 5) is 4.22. The van der Waals surface area contributed by atoms with Crippen LogP contribution in [0.4, 0.5) is 0 Å². The maximum Gasteiger partial charge on any atom is 2.00 e. The quantitative estimate of drug-likeness (QED) is 0.319. The molecular weight excluding hydrogens is 464 g/mol. The molecule has 0 saturated carbocycles. The van der Waals surface area contributed by atoms with Crippen LogP contribution >= 0.6 is 0 Å². The van der Waals surface area contributed by atoms with Gasteiger partial charge >= 0.3 is 45.5 Å². The predicted molar refractivity (Wildman–Crippen MR) is 135 cm³/mol. The summed E-state index contributed by atoms with van der Waals surface area (Å²) in [5.41, 5.74) is 11.7. The van der Waals surface area contributed by atoms with Gasteiger partial charge in [-0.15, -0.1) is 53.6 Å². The molecule has 32 heavy (non-hydrogen) atoms. The second-order valence-electron chi connectivity index (χ2n) is 7.68. The first kappa shape index (κ1) is 24.3. The van der Waals surface area contributed by atoms with Crippen LogP contribution in [-0.4, -0.2) is 50.5 Å². The molecule has 2 N–H and O–H groups in total. The molecule has 154 valence electrons. The number of nitrogens with zero attached hydrogens (tertiary/aromatic N) is 1. The smallest absolute Gasteiger partial charge is 0.408 e. The van der Waals surface area contributed by atoms with Crippen LogP contribution in [0.3, 0.4) is 0 Å². The Morgan fingerprint density at radius 2 is 1.59 bits per heavy atom. The van der Waals surface area contributed by atoms with Crippen molar-refractivity contribution in [3.8, 4) is 11.3 Å². The average Bonchev–Trinajstić information content (AvgIpc) is 2.84. The van der Waals surface area contributed by atoms with Crippen molar-refractivity contribution in [2.45, 2.75) is 13.8 Å². The standard InChI is InChI=1S/C18H18N.C11H8N.Sr/c1-12-11-14-7-3-4-9-16(14)18(19)17-10-6-5-8-15(17)13(12)2;1-2-6-10(7-3-1)11-8-4-5-9-12-11;/h3-12H,19H2,1-2H3;1-6,8-9H;/q2*-1;+2/b14-11-,18-16-;;. The van der Waals surface area contributed by atoms with Gasteiger partial charge in [-0.2, -0.15) is 17.5 Å². The maximum atomic E-state index is 6.42. The number of hydrogen-bond acceptors (Lipinski definition) is 2. The number of aromatic nitrogens is 1. The Hall–Kier alpha value is -2.30. The molecule has 0 aliphatic heterocycles. The second-order valence-corrected chi connectivity index (χ2v) is 7.68. The number of fused-ring (bicyclic) bond motifs is 2. The minimum absolute atomic E-state index is 0. The van der Waals surface area contributed by atoms with Crippen molar-refractivity contribution in [3.63, 3.8) is 0 Å². The summed E-state index contributed by atoms with van der Waals surface area (Å²) in [5, 5.41) is 2.36. The fraction of sp³-hybridized carbons (Fsp3) is 0.103. The fourth-order valence-electron chi connectivity index (χ4n) is 3.81. The van der Waals surface area contributed by atoms with Crippen LogP contribution in [0.1, 0.15) is 25.0 Å². The van der Waals surface area contributed by atoms with E-state index in [0.29, 0.717) is 5.92 Å². The number of rotatable bonds is 1. The zero-order chi connectivity index (χ0) is 21.6. The monoisotopic (exact) mass is 490 g/mol. The molecular formula is C29H26N2Sr. The Morgan fingerprint density at radius 1 is 0.875 bits per heavy atom. The minimum Gasteiger partial charge on any atom is -0.408 e. The van der Waals surface area contributed by atoms with Crippen molar-refractivity contribution in [2.75, 3.05) is 0 Å². The number of pyridine rings is 1. The molecule has 0 spiro atoms. The SMILES string of the molecule is C[C-]1c2ccccc2/C(N)=c2\cccc\c2=C\C1C.[Sr+2].[c-]1ccccc1-c1ccccn1. The van der Waals surface area contributed by atoms with Crippen LogP contribution in [0.2, 0.25) is 0 Å². The Balaban J connectivity index is 0.000000193. The molecule has 4 aromatic rings. The number of nitrogens with two attached hydrogens (primary N) is 1. The molecule has 1 unspecified atom stereocenters. The van der Waals surface area contributed by atoms with Gasteiger partial charge < -0.3 is 10.7 Å². The normalized spacial score (nSPS) is 17.0. The van der Waals surface area contributed by atoms with Gasteiger partial charge in [0.1, 0.15) is 0 Å². The van der Waals surface area contributed by atoms with Crippen LogP contribution in [-0.2, 0) is 0 Å². The summed E-state index contributed by atoms with van der Waals surface area (Å²) in [6.07, 6.45) is 4.09. The first-order valence-corrected chi connectivity index (χ1v) is 10.5. The molecule has 0 radical (unpaired) electrons. The summed E-state index contributed by atoms with van der Waals surface area (Å²) in [6.45, 7) is 4.44. The van der Waals surface area contributed by atoms with Gasteiger partial charge in [0.15, 0.2) is 0 Å². The summed E-state index contributed by atoms with van der Waals surface area (Å²) < 4.78 is 0. The molecule has 0 bridgehead atoms. The average molecular weight is 490 g/mol. The van der Waals surface area contributed by atoms with Crippen LogP contribution in [0, 0.1) is 17.9 Å². The molecule has 1 aliphatic rings. The van der Waals surface area contributed by atoms with E-state index in [0.717, 1.165) is 27.7 Å². The van der Waals surface area contributed by atoms with Crippen LogP contribution < -0.4 is 16.2 Å². The molecule has 1 atom stereocenters. The zero-order valence-corrected chi connectivity index (χ0v) is 22.1. The van der Waals surface area contributed by atoms with Gasteiger partial charge in [0.2, 0.25) is 0 Å². The summed E-state index contributed by atoms with van der Waals surface area (Å²) >= 11 is 0. The van der Waals surface area contributed by atoms with Gasteiger partial charge in [-0.1, -0.05) is 62.4 Å². The molecule has 0 fully saturated rings. The van der Waals surface area contributed by atoms with E-state index < -0.39 is 0 Å². The zero-order valence-electron chi connectivity index (χ0n) is 18.6. The molecule has 0 amide bonds. The van der Waals surface area contributed by atoms with Gasteiger partial charge in [-0.05, 0) is 33.8 Å². The maximum absolute atomic E-state index is 6.42. The van der Waals surface area contributed by atoms with Crippen LogP contribution in [0.5, 0.6) is 0 Å². The Labute approximate surface area is 227 Å². The molecule has 1 heterocycles. The molecule has 2 nitrogen and oxygen atoms in total. The van der Waals surface area contributed by atoms with Crippen molar-refractivity contribution in [2.24, 2.45) is 11.7 Å². The molecule has 1 aliphatic carbocycles. The largest absolute Gasteiger partial charge is 2.00 e. The van der Waals surface area contributed by atoms with E-state index in [4.69, 9.17) is 5.73 Å². The van der Waals surface area contributed by atoms with Crippen LogP contribution in [0.15, 0.2) is 97.2 Å². The summed E-state index contributed by atoms with van der Waals surface area (Å²) in [7, 11) is 0. The predicted octanol–water partition coefficient (Wildman–Crippen LogP) is 4.34. The van der Waals surface area contributed by atoms with E-state index in [1.165, 1.54) is 16.7 Å². The van der Waals surface area contributed by atoms with E-state index in [-0.39, 0.29) is 45.5 Å². The van der Waals surface area contributed by atoms with Crippen molar-refractivity contribution in [1.29, 1.82) is 0 Å². The molecule has 1 aromatic heterocycles. The van der Waals surface area contributed by atoms with E-state index in [2.05, 4.69) is 73.4 Å². The second kappa shape index (κ2) is 11.5.